The van der Waals surface area contributed by atoms with E-state index in [1.807, 2.05) is 6.07 Å². The van der Waals surface area contributed by atoms with Crippen LogP contribution in [0.3, 0.4) is 0 Å². The van der Waals surface area contributed by atoms with Crippen LogP contribution in [0.5, 0.6) is 0 Å². The molecule has 94 valence electrons. The quantitative estimate of drug-likeness (QED) is 0.792. The second-order valence-corrected chi connectivity index (χ2v) is 3.94. The van der Waals surface area contributed by atoms with Gasteiger partial charge in [0, 0.05) is 0 Å². The van der Waals surface area contributed by atoms with E-state index in [0.717, 1.165) is 10.5 Å². The van der Waals surface area contributed by atoms with Gasteiger partial charge in [-0.15, -0.1) is 12.4 Å². The molecular formula is C12H12ClN3O2. The molecule has 2 rings (SSSR count). The molecule has 0 saturated carbocycles. The predicted octanol–water partition coefficient (Wildman–Crippen LogP) is 0.566. The Hall–Kier alpha value is -1.90. The summed E-state index contributed by atoms with van der Waals surface area (Å²) in [5, 5.41) is 8.75. The fourth-order valence-corrected chi connectivity index (χ4v) is 1.80. The highest BCUT2D eigenvalue weighted by Crippen LogP contribution is 2.15. The third-order valence-electron chi connectivity index (χ3n) is 2.68. The number of carbonyl (C=O) groups is 2. The molecule has 1 aromatic carbocycles. The van der Waals surface area contributed by atoms with Gasteiger partial charge in [0.25, 0.3) is 0 Å². The number of carbonyl (C=O) groups excluding carboxylic acids is 2. The molecule has 1 aliphatic heterocycles. The number of rotatable bonds is 2. The molecule has 2 N–H and O–H groups in total. The first-order valence-electron chi connectivity index (χ1n) is 5.20. The van der Waals surface area contributed by atoms with E-state index in [9.17, 15) is 9.59 Å². The van der Waals surface area contributed by atoms with Gasteiger partial charge in [0.15, 0.2) is 0 Å². The Labute approximate surface area is 111 Å². The van der Waals surface area contributed by atoms with Crippen LogP contribution in [0.15, 0.2) is 24.3 Å². The molecule has 1 atom stereocenters. The van der Waals surface area contributed by atoms with Crippen molar-refractivity contribution < 1.29 is 9.59 Å². The highest BCUT2D eigenvalue weighted by Gasteiger charge is 2.35. The predicted molar refractivity (Wildman–Crippen MR) is 66.6 cm³/mol. The molecule has 1 aromatic rings. The summed E-state index contributed by atoms with van der Waals surface area (Å²) in [6, 6.07) is 8.11. The van der Waals surface area contributed by atoms with Gasteiger partial charge in [0.2, 0.25) is 11.8 Å². The van der Waals surface area contributed by atoms with E-state index in [1.54, 1.807) is 24.3 Å². The maximum atomic E-state index is 11.6. The Morgan fingerprint density at radius 1 is 1.44 bits per heavy atom. The maximum absolute atomic E-state index is 11.6. The van der Waals surface area contributed by atoms with Crippen LogP contribution in [0.4, 0.5) is 0 Å². The number of hydrogen-bond donors (Lipinski definition) is 1. The molecular weight excluding hydrogens is 254 g/mol. The van der Waals surface area contributed by atoms with Gasteiger partial charge in [-0.25, -0.2) is 0 Å². The smallest absolute Gasteiger partial charge is 0.246 e. The minimum atomic E-state index is -0.721. The van der Waals surface area contributed by atoms with Crippen molar-refractivity contribution in [1.29, 1.82) is 5.26 Å². The van der Waals surface area contributed by atoms with Crippen molar-refractivity contribution in [2.45, 2.75) is 19.0 Å². The van der Waals surface area contributed by atoms with Crippen molar-refractivity contribution in [2.75, 3.05) is 0 Å². The second-order valence-electron chi connectivity index (χ2n) is 3.94. The lowest BCUT2D eigenvalue weighted by Crippen LogP contribution is -2.34. The van der Waals surface area contributed by atoms with E-state index in [2.05, 4.69) is 0 Å². The van der Waals surface area contributed by atoms with Gasteiger partial charge >= 0.3 is 0 Å². The summed E-state index contributed by atoms with van der Waals surface area (Å²) >= 11 is 0. The van der Waals surface area contributed by atoms with Crippen molar-refractivity contribution in [3.05, 3.63) is 35.4 Å². The number of nitriles is 1. The number of likely N-dealkylation sites (tertiary alicyclic amines) is 1. The third-order valence-corrected chi connectivity index (χ3v) is 2.68. The average Bonchev–Trinajstić information content (AvgIpc) is 2.56. The molecule has 0 radical (unpaired) electrons. The molecule has 1 aliphatic rings. The van der Waals surface area contributed by atoms with Crippen molar-refractivity contribution in [3.8, 4) is 6.07 Å². The van der Waals surface area contributed by atoms with Crippen LogP contribution in [0, 0.1) is 11.3 Å². The molecule has 0 spiro atoms. The van der Waals surface area contributed by atoms with Gasteiger partial charge in [-0.2, -0.15) is 5.26 Å². The Morgan fingerprint density at radius 2 is 2.17 bits per heavy atom. The minimum Gasteiger partial charge on any atom is -0.319 e. The number of halogens is 1. The van der Waals surface area contributed by atoms with Gasteiger partial charge in [-0.05, 0) is 17.7 Å². The molecule has 6 heteroatoms. The van der Waals surface area contributed by atoms with E-state index in [-0.39, 0.29) is 37.2 Å². The largest absolute Gasteiger partial charge is 0.319 e. The number of amides is 2. The van der Waals surface area contributed by atoms with Crippen LogP contribution in [-0.4, -0.2) is 22.8 Å². The minimum absolute atomic E-state index is 0. The van der Waals surface area contributed by atoms with Crippen LogP contribution in [0.2, 0.25) is 0 Å². The Kier molecular flexibility index (Phi) is 4.43. The highest BCUT2D eigenvalue weighted by molar-refractivity contribution is 6.05. The molecule has 0 aromatic heterocycles. The number of nitrogens with zero attached hydrogens (tertiary/aromatic N) is 2. The summed E-state index contributed by atoms with van der Waals surface area (Å²) in [5.74, 6) is -0.609. The summed E-state index contributed by atoms with van der Waals surface area (Å²) in [7, 11) is 0. The van der Waals surface area contributed by atoms with Crippen LogP contribution < -0.4 is 5.73 Å². The molecule has 1 heterocycles. The zero-order chi connectivity index (χ0) is 12.4. The van der Waals surface area contributed by atoms with Gasteiger partial charge in [0.05, 0.1) is 30.6 Å². The lowest BCUT2D eigenvalue weighted by Gasteiger charge is -2.14. The normalized spacial score (nSPS) is 18.4. The fraction of sp³-hybridized carbons (Fsp3) is 0.250. The summed E-state index contributed by atoms with van der Waals surface area (Å²) in [5.41, 5.74) is 6.76. The first-order chi connectivity index (χ1) is 8.11. The summed E-state index contributed by atoms with van der Waals surface area (Å²) in [6.45, 7) is 0.181. The average molecular weight is 266 g/mol. The molecule has 5 nitrogen and oxygen atoms in total. The molecule has 0 aliphatic carbocycles. The highest BCUT2D eigenvalue weighted by atomic mass is 35.5. The van der Waals surface area contributed by atoms with Gasteiger partial charge in [0.1, 0.15) is 0 Å². The van der Waals surface area contributed by atoms with Gasteiger partial charge in [-0.1, -0.05) is 12.1 Å². The lowest BCUT2D eigenvalue weighted by molar-refractivity contribution is -0.139. The van der Waals surface area contributed by atoms with E-state index in [0.29, 0.717) is 5.56 Å². The fourth-order valence-electron chi connectivity index (χ4n) is 1.80. The van der Waals surface area contributed by atoms with E-state index >= 15 is 0 Å². The zero-order valence-corrected chi connectivity index (χ0v) is 10.3. The second kappa shape index (κ2) is 5.63. The number of nitrogens with two attached hydrogens (primary N) is 1. The van der Waals surface area contributed by atoms with Crippen molar-refractivity contribution in [1.82, 2.24) is 4.90 Å². The van der Waals surface area contributed by atoms with Gasteiger partial charge < -0.3 is 5.73 Å². The molecule has 0 unspecified atom stereocenters. The molecule has 18 heavy (non-hydrogen) atoms. The maximum Gasteiger partial charge on any atom is 0.246 e. The van der Waals surface area contributed by atoms with Crippen molar-refractivity contribution >= 4 is 24.2 Å². The molecule has 1 fully saturated rings. The van der Waals surface area contributed by atoms with E-state index < -0.39 is 6.04 Å². The number of hydrogen-bond acceptors (Lipinski definition) is 4. The number of imide groups is 1. The van der Waals surface area contributed by atoms with Crippen molar-refractivity contribution in [2.24, 2.45) is 5.73 Å². The van der Waals surface area contributed by atoms with Crippen LogP contribution in [0.25, 0.3) is 0 Å². The van der Waals surface area contributed by atoms with Crippen molar-refractivity contribution in [3.63, 3.8) is 0 Å². The Bertz CT molecular complexity index is 524. The summed E-state index contributed by atoms with van der Waals surface area (Å²) in [6.07, 6.45) is 0.0662. The summed E-state index contributed by atoms with van der Waals surface area (Å²) in [4.78, 5) is 24.2. The first kappa shape index (κ1) is 14.2. The Morgan fingerprint density at radius 3 is 2.72 bits per heavy atom. The lowest BCUT2D eigenvalue weighted by atomic mass is 10.1. The van der Waals surface area contributed by atoms with Crippen LogP contribution in [0.1, 0.15) is 17.5 Å². The van der Waals surface area contributed by atoms with Gasteiger partial charge in [-0.3, -0.25) is 14.5 Å². The number of benzene rings is 1. The topological polar surface area (TPSA) is 87.2 Å². The Balaban J connectivity index is 0.00000162. The SMILES string of the molecule is Cl.N#Cc1cccc(CN2C(=O)C[C@H](N)C2=O)c1. The monoisotopic (exact) mass is 265 g/mol. The zero-order valence-electron chi connectivity index (χ0n) is 9.50. The van der Waals surface area contributed by atoms with E-state index in [1.165, 1.54) is 0 Å². The first-order valence-corrected chi connectivity index (χ1v) is 5.20. The standard InChI is InChI=1S/C12H11N3O2.ClH/c13-6-8-2-1-3-9(4-8)7-15-11(16)5-10(14)12(15)17;/h1-4,10H,5,7,14H2;1H/t10-;/m0./s1. The van der Waals surface area contributed by atoms with Crippen LogP contribution in [-0.2, 0) is 16.1 Å². The molecule has 2 amide bonds. The summed E-state index contributed by atoms with van der Waals surface area (Å²) < 4.78 is 0. The van der Waals surface area contributed by atoms with E-state index in [4.69, 9.17) is 11.0 Å². The third kappa shape index (κ3) is 2.67. The molecule has 1 saturated heterocycles. The molecule has 0 bridgehead atoms. The van der Waals surface area contributed by atoms with Crippen LogP contribution >= 0.6 is 12.4 Å².